The zero-order chi connectivity index (χ0) is 33.6. The standard InChI is InChI=1S/C37H45ClN2O5S2/c1-24(2)46-18-17-37(42)16-5-7-25(3)26(4)47(43,44)39-35(41)28-10-14-34-33(20-28)40(21-29-9-12-32(29)37)22-36(23-45-34)15-6-8-27-19-30(38)11-13-31(27)36/h5,10-11,13-14,16,19-20,24-26,29,32,42H,6-9,12,15,21-23H2,1-4H3,(H,39,41)/b16-5-/t25-,26+,29-,32+,36-,37+/m0/s1. The van der Waals surface area contributed by atoms with Crippen LogP contribution in [0.4, 0.5) is 5.69 Å². The number of allylic oxidation sites excluding steroid dienone is 1. The number of aliphatic hydroxyl groups is 1. The van der Waals surface area contributed by atoms with Crippen LogP contribution in [0.25, 0.3) is 0 Å². The van der Waals surface area contributed by atoms with E-state index in [1.54, 1.807) is 31.2 Å². The van der Waals surface area contributed by atoms with Crippen molar-refractivity contribution >= 4 is 45.0 Å². The SMILES string of the molecule is CC(C)SC#C[C@]1(O)/C=C\C[C@H](C)[C@@H](C)S(=O)(=O)NC(=O)c2ccc3c(c2)N(C[C@@H]2CC[C@H]21)C[C@@]1(CCCc2cc(Cl)ccc21)CO3. The Hall–Kier alpha value is -2.64. The summed E-state index contributed by atoms with van der Waals surface area (Å²) in [5.74, 6) is 2.96. The van der Waals surface area contributed by atoms with Gasteiger partial charge in [0.05, 0.1) is 17.5 Å². The lowest BCUT2D eigenvalue weighted by Gasteiger charge is -2.47. The monoisotopic (exact) mass is 696 g/mol. The second-order valence-electron chi connectivity index (χ2n) is 14.2. The molecule has 0 unspecified atom stereocenters. The number of ether oxygens (including phenoxy) is 1. The number of hydrogen-bond acceptors (Lipinski definition) is 7. The van der Waals surface area contributed by atoms with E-state index in [1.165, 1.54) is 22.9 Å². The van der Waals surface area contributed by atoms with Gasteiger partial charge in [-0.25, -0.2) is 13.1 Å². The molecule has 7 nitrogen and oxygen atoms in total. The molecule has 2 aromatic carbocycles. The van der Waals surface area contributed by atoms with Gasteiger partial charge in [-0.1, -0.05) is 62.2 Å². The van der Waals surface area contributed by atoms with Crippen molar-refractivity contribution in [1.82, 2.24) is 4.72 Å². The van der Waals surface area contributed by atoms with Crippen molar-refractivity contribution in [1.29, 1.82) is 0 Å². The molecule has 2 aliphatic heterocycles. The van der Waals surface area contributed by atoms with Crippen molar-refractivity contribution in [3.05, 3.63) is 70.3 Å². The average Bonchev–Trinajstić information content (AvgIpc) is 3.14. The van der Waals surface area contributed by atoms with E-state index in [9.17, 15) is 18.3 Å². The van der Waals surface area contributed by atoms with Gasteiger partial charge in [-0.2, -0.15) is 0 Å². The highest BCUT2D eigenvalue weighted by Gasteiger charge is 2.48. The lowest BCUT2D eigenvalue weighted by Crippen LogP contribution is -2.52. The molecule has 2 N–H and O–H groups in total. The molecule has 4 aliphatic rings. The summed E-state index contributed by atoms with van der Waals surface area (Å²) in [5.41, 5.74) is 1.84. The van der Waals surface area contributed by atoms with E-state index in [1.807, 2.05) is 19.1 Å². The molecule has 10 heteroatoms. The maximum atomic E-state index is 13.5. The van der Waals surface area contributed by atoms with Gasteiger partial charge in [0.15, 0.2) is 0 Å². The smallest absolute Gasteiger partial charge is 0.264 e. The average molecular weight is 697 g/mol. The fraction of sp³-hybridized carbons (Fsp3) is 0.541. The number of rotatable bonds is 1. The summed E-state index contributed by atoms with van der Waals surface area (Å²) in [6, 6.07) is 11.3. The fourth-order valence-corrected chi connectivity index (χ4v) is 9.57. The number of nitrogens with zero attached hydrogens (tertiary/aromatic N) is 1. The number of nitrogens with one attached hydrogen (secondary N) is 1. The number of anilines is 1. The number of halogens is 1. The van der Waals surface area contributed by atoms with Crippen LogP contribution in [0.3, 0.4) is 0 Å². The van der Waals surface area contributed by atoms with Crippen LogP contribution in [0.2, 0.25) is 5.02 Å². The van der Waals surface area contributed by atoms with E-state index in [0.29, 0.717) is 37.1 Å². The Kier molecular flexibility index (Phi) is 9.72. The third kappa shape index (κ3) is 6.94. The molecule has 6 atom stereocenters. The van der Waals surface area contributed by atoms with E-state index in [2.05, 4.69) is 46.8 Å². The molecule has 0 saturated heterocycles. The number of carbonyl (C=O) groups excluding carboxylic acids is 1. The van der Waals surface area contributed by atoms with Gasteiger partial charge in [0.2, 0.25) is 10.0 Å². The Morgan fingerprint density at radius 1 is 1.17 bits per heavy atom. The highest BCUT2D eigenvalue weighted by Crippen LogP contribution is 2.48. The summed E-state index contributed by atoms with van der Waals surface area (Å²) in [4.78, 5) is 15.8. The Bertz CT molecular complexity index is 1730. The predicted molar refractivity (Wildman–Crippen MR) is 191 cm³/mol. The first-order chi connectivity index (χ1) is 22.3. The third-order valence-electron chi connectivity index (χ3n) is 10.7. The number of sulfonamides is 1. The maximum Gasteiger partial charge on any atom is 0.264 e. The summed E-state index contributed by atoms with van der Waals surface area (Å²) in [6.45, 7) is 9.37. The summed E-state index contributed by atoms with van der Waals surface area (Å²) < 4.78 is 35.7. The maximum absolute atomic E-state index is 13.5. The van der Waals surface area contributed by atoms with Gasteiger partial charge in [0, 0.05) is 40.3 Å². The number of hydrogen-bond donors (Lipinski definition) is 2. The van der Waals surface area contributed by atoms with Crippen LogP contribution < -0.4 is 14.4 Å². The molecule has 2 heterocycles. The highest BCUT2D eigenvalue weighted by molar-refractivity contribution is 8.04. The van der Waals surface area contributed by atoms with Crippen molar-refractivity contribution in [2.45, 2.75) is 87.7 Å². The molecule has 1 spiro atoms. The largest absolute Gasteiger partial charge is 0.490 e. The third-order valence-corrected chi connectivity index (χ3v) is 13.5. The van der Waals surface area contributed by atoms with E-state index in [4.69, 9.17) is 16.3 Å². The summed E-state index contributed by atoms with van der Waals surface area (Å²) in [5, 5.41) is 15.5. The number of amides is 1. The lowest BCUT2D eigenvalue weighted by atomic mass is 9.64. The van der Waals surface area contributed by atoms with Crippen molar-refractivity contribution in [3.63, 3.8) is 0 Å². The molecule has 1 fully saturated rings. The number of benzene rings is 2. The Labute approximate surface area is 288 Å². The van der Waals surface area contributed by atoms with Crippen LogP contribution in [0.1, 0.15) is 81.3 Å². The zero-order valence-corrected chi connectivity index (χ0v) is 30.0. The van der Waals surface area contributed by atoms with E-state index < -0.39 is 26.8 Å². The topological polar surface area (TPSA) is 95.9 Å². The lowest BCUT2D eigenvalue weighted by molar-refractivity contribution is -0.00312. The number of fused-ring (bicyclic) bond motifs is 4. The molecular weight excluding hydrogens is 652 g/mol. The predicted octanol–water partition coefficient (Wildman–Crippen LogP) is 6.72. The van der Waals surface area contributed by atoms with Gasteiger partial charge in [-0.3, -0.25) is 4.79 Å². The number of thioether (sulfide) groups is 1. The quantitative estimate of drug-likeness (QED) is 0.253. The minimum Gasteiger partial charge on any atom is -0.490 e. The minimum absolute atomic E-state index is 0.101. The second-order valence-corrected chi connectivity index (χ2v) is 18.1. The van der Waals surface area contributed by atoms with Crippen molar-refractivity contribution in [3.8, 4) is 16.9 Å². The second kappa shape index (κ2) is 13.3. The molecule has 2 aliphatic carbocycles. The van der Waals surface area contributed by atoms with Gasteiger partial charge < -0.3 is 14.7 Å². The summed E-state index contributed by atoms with van der Waals surface area (Å²) in [6.07, 6.45) is 8.75. The zero-order valence-electron chi connectivity index (χ0n) is 27.6. The summed E-state index contributed by atoms with van der Waals surface area (Å²) >= 11 is 7.93. The molecule has 252 valence electrons. The summed E-state index contributed by atoms with van der Waals surface area (Å²) in [7, 11) is -3.98. The molecule has 0 aromatic heterocycles. The van der Waals surface area contributed by atoms with Crippen LogP contribution in [-0.4, -0.2) is 55.2 Å². The van der Waals surface area contributed by atoms with E-state index >= 15 is 0 Å². The Morgan fingerprint density at radius 3 is 2.72 bits per heavy atom. The van der Waals surface area contributed by atoms with Crippen LogP contribution in [-0.2, 0) is 21.9 Å². The Balaban J connectivity index is 1.45. The first kappa shape index (κ1) is 34.2. The van der Waals surface area contributed by atoms with Gasteiger partial charge in [0.25, 0.3) is 5.91 Å². The van der Waals surface area contributed by atoms with E-state index in [0.717, 1.165) is 42.8 Å². The van der Waals surface area contributed by atoms with Crippen LogP contribution in [0.15, 0.2) is 48.6 Å². The Morgan fingerprint density at radius 2 is 1.98 bits per heavy atom. The molecule has 2 aromatic rings. The van der Waals surface area contributed by atoms with Crippen molar-refractivity contribution < 1.29 is 23.1 Å². The van der Waals surface area contributed by atoms with Crippen LogP contribution >= 0.6 is 23.4 Å². The van der Waals surface area contributed by atoms with E-state index in [-0.39, 0.29) is 28.7 Å². The first-order valence-electron chi connectivity index (χ1n) is 16.7. The molecule has 2 bridgehead atoms. The molecule has 0 radical (unpaired) electrons. The number of aryl methyl sites for hydroxylation is 1. The van der Waals surface area contributed by atoms with Crippen molar-refractivity contribution in [2.24, 2.45) is 17.8 Å². The molecule has 6 rings (SSSR count). The van der Waals surface area contributed by atoms with Gasteiger partial charge in [-0.05, 0) is 110 Å². The van der Waals surface area contributed by atoms with Gasteiger partial charge in [-0.15, -0.1) is 0 Å². The molecular formula is C37H45ClN2O5S2. The van der Waals surface area contributed by atoms with Crippen LogP contribution in [0.5, 0.6) is 5.75 Å². The van der Waals surface area contributed by atoms with Crippen molar-refractivity contribution in [2.75, 3.05) is 24.6 Å². The highest BCUT2D eigenvalue weighted by atomic mass is 35.5. The molecule has 47 heavy (non-hydrogen) atoms. The fourth-order valence-electron chi connectivity index (χ4n) is 7.63. The van der Waals surface area contributed by atoms with Gasteiger partial charge in [0.1, 0.15) is 11.4 Å². The van der Waals surface area contributed by atoms with Gasteiger partial charge >= 0.3 is 0 Å². The minimum atomic E-state index is -3.98. The first-order valence-corrected chi connectivity index (χ1v) is 19.6. The normalized spacial score (nSPS) is 32.4. The number of carbonyl (C=O) groups is 1. The molecule has 1 saturated carbocycles. The molecule has 1 amide bonds. The van der Waals surface area contributed by atoms with Crippen LogP contribution in [0, 0.1) is 28.9 Å².